The van der Waals surface area contributed by atoms with Gasteiger partial charge in [0, 0.05) is 17.6 Å². The second-order valence-electron chi connectivity index (χ2n) is 7.83. The Morgan fingerprint density at radius 3 is 2.52 bits per heavy atom. The summed E-state index contributed by atoms with van der Waals surface area (Å²) in [5, 5.41) is 9.46. The van der Waals surface area contributed by atoms with Gasteiger partial charge in [0.15, 0.2) is 0 Å². The van der Waals surface area contributed by atoms with E-state index in [1.807, 2.05) is 6.92 Å². The summed E-state index contributed by atoms with van der Waals surface area (Å²) in [5.41, 5.74) is 0.934. The van der Waals surface area contributed by atoms with Gasteiger partial charge in [0.25, 0.3) is 0 Å². The number of esters is 1. The largest absolute Gasteiger partial charge is 0.462 e. The van der Waals surface area contributed by atoms with E-state index in [9.17, 15) is 9.90 Å². The van der Waals surface area contributed by atoms with Gasteiger partial charge in [-0.1, -0.05) is 13.5 Å². The minimum absolute atomic E-state index is 0.0376. The van der Waals surface area contributed by atoms with E-state index >= 15 is 0 Å². The van der Waals surface area contributed by atoms with Crippen molar-refractivity contribution < 1.29 is 14.6 Å². The molecule has 21 heavy (non-hydrogen) atoms. The molecular weight excluding hydrogens is 264 g/mol. The molecule has 3 nitrogen and oxygen atoms in total. The second kappa shape index (κ2) is 5.42. The number of rotatable bonds is 6. The van der Waals surface area contributed by atoms with Gasteiger partial charge < -0.3 is 9.84 Å². The molecule has 0 spiro atoms. The van der Waals surface area contributed by atoms with Crippen LogP contribution in [0.2, 0.25) is 0 Å². The maximum absolute atomic E-state index is 12.3. The van der Waals surface area contributed by atoms with Crippen LogP contribution in [0.15, 0.2) is 12.2 Å². The van der Waals surface area contributed by atoms with Gasteiger partial charge in [-0.05, 0) is 68.6 Å². The molecule has 0 heterocycles. The normalized spacial score (nSPS) is 40.3. The van der Waals surface area contributed by atoms with Crippen LogP contribution >= 0.6 is 0 Å². The fourth-order valence-corrected chi connectivity index (χ4v) is 5.83. The summed E-state index contributed by atoms with van der Waals surface area (Å²) >= 11 is 0. The lowest BCUT2D eigenvalue weighted by molar-refractivity contribution is -0.146. The van der Waals surface area contributed by atoms with Gasteiger partial charge in [-0.2, -0.15) is 0 Å². The molecule has 118 valence electrons. The molecule has 0 saturated heterocycles. The number of aliphatic hydroxyl groups excluding tert-OH is 1. The van der Waals surface area contributed by atoms with Crippen molar-refractivity contribution >= 4 is 5.97 Å². The maximum atomic E-state index is 12.3. The van der Waals surface area contributed by atoms with E-state index in [1.54, 1.807) is 0 Å². The third-order valence-corrected chi connectivity index (χ3v) is 6.15. The number of aliphatic hydroxyl groups is 1. The van der Waals surface area contributed by atoms with Gasteiger partial charge in [-0.15, -0.1) is 0 Å². The smallest absolute Gasteiger partial charge is 0.333 e. The van der Waals surface area contributed by atoms with E-state index in [-0.39, 0.29) is 23.4 Å². The first kappa shape index (κ1) is 15.1. The van der Waals surface area contributed by atoms with Gasteiger partial charge in [0.1, 0.15) is 0 Å². The molecule has 4 aliphatic carbocycles. The lowest BCUT2D eigenvalue weighted by Gasteiger charge is -2.62. The fourth-order valence-electron chi connectivity index (χ4n) is 5.83. The standard InChI is InChI=1S/C18H28O3/c1-3-6-21-16(20)13(2)18-10-14-7-15(11-18)9-17(8-14,12-18)4-5-19/h14-15,19H,2-12H2,1H3. The van der Waals surface area contributed by atoms with Gasteiger partial charge in [-0.25, -0.2) is 4.79 Å². The highest BCUT2D eigenvalue weighted by molar-refractivity contribution is 5.89. The highest BCUT2D eigenvalue weighted by Gasteiger charge is 2.59. The Bertz CT molecular complexity index is 426. The van der Waals surface area contributed by atoms with Crippen LogP contribution in [0.3, 0.4) is 0 Å². The molecule has 4 aliphatic rings. The molecule has 0 aliphatic heterocycles. The van der Waals surface area contributed by atoms with Crippen LogP contribution in [-0.4, -0.2) is 24.3 Å². The SMILES string of the molecule is C=C(C(=O)OCCC)C12CC3CC(CC(CCO)(C3)C1)C2. The van der Waals surface area contributed by atoms with Crippen LogP contribution in [0, 0.1) is 22.7 Å². The zero-order chi connectivity index (χ0) is 15.1. The molecule has 3 heteroatoms. The van der Waals surface area contributed by atoms with Crippen LogP contribution < -0.4 is 0 Å². The summed E-state index contributed by atoms with van der Waals surface area (Å²) < 4.78 is 5.35. The summed E-state index contributed by atoms with van der Waals surface area (Å²) in [4.78, 5) is 12.3. The van der Waals surface area contributed by atoms with E-state index in [0.717, 1.165) is 32.1 Å². The van der Waals surface area contributed by atoms with E-state index < -0.39 is 0 Å². The van der Waals surface area contributed by atoms with E-state index in [0.29, 0.717) is 24.0 Å². The maximum Gasteiger partial charge on any atom is 0.333 e. The van der Waals surface area contributed by atoms with Gasteiger partial charge in [-0.3, -0.25) is 0 Å². The van der Waals surface area contributed by atoms with E-state index in [1.165, 1.54) is 19.3 Å². The van der Waals surface area contributed by atoms with Crippen molar-refractivity contribution in [3.63, 3.8) is 0 Å². The average Bonchev–Trinajstić information content (AvgIpc) is 2.42. The van der Waals surface area contributed by atoms with Crippen molar-refractivity contribution in [3.05, 3.63) is 12.2 Å². The third kappa shape index (κ3) is 2.54. The number of carbonyl (C=O) groups is 1. The Kier molecular flexibility index (Phi) is 3.89. The quantitative estimate of drug-likeness (QED) is 0.602. The molecule has 0 radical (unpaired) electrons. The Morgan fingerprint density at radius 1 is 1.29 bits per heavy atom. The van der Waals surface area contributed by atoms with Gasteiger partial charge in [0.05, 0.1) is 6.61 Å². The Labute approximate surface area is 127 Å². The van der Waals surface area contributed by atoms with Crippen molar-refractivity contribution in [1.82, 2.24) is 0 Å². The predicted molar refractivity (Wildman–Crippen MR) is 81.6 cm³/mol. The topological polar surface area (TPSA) is 46.5 Å². The first-order chi connectivity index (χ1) is 10.0. The predicted octanol–water partition coefficient (Wildman–Crippen LogP) is 3.46. The highest BCUT2D eigenvalue weighted by atomic mass is 16.5. The van der Waals surface area contributed by atoms with Crippen LogP contribution in [0.1, 0.15) is 58.3 Å². The lowest BCUT2D eigenvalue weighted by Crippen LogP contribution is -2.53. The van der Waals surface area contributed by atoms with E-state index in [4.69, 9.17) is 4.74 Å². The van der Waals surface area contributed by atoms with Gasteiger partial charge >= 0.3 is 5.97 Å². The summed E-state index contributed by atoms with van der Waals surface area (Å²) in [6.07, 6.45) is 8.78. The second-order valence-corrected chi connectivity index (χ2v) is 7.83. The summed E-state index contributed by atoms with van der Waals surface area (Å²) in [5.74, 6) is 1.25. The van der Waals surface area contributed by atoms with Crippen LogP contribution in [-0.2, 0) is 9.53 Å². The minimum Gasteiger partial charge on any atom is -0.462 e. The Balaban J connectivity index is 1.81. The van der Waals surface area contributed by atoms with Crippen LogP contribution in [0.5, 0.6) is 0 Å². The molecule has 0 aromatic heterocycles. The molecule has 1 N–H and O–H groups in total. The van der Waals surface area contributed by atoms with E-state index in [2.05, 4.69) is 6.58 Å². The highest BCUT2D eigenvalue weighted by Crippen LogP contribution is 2.68. The number of ether oxygens (including phenoxy) is 1. The first-order valence-corrected chi connectivity index (χ1v) is 8.50. The van der Waals surface area contributed by atoms with Gasteiger partial charge in [0.2, 0.25) is 0 Å². The molecule has 4 saturated carbocycles. The Hall–Kier alpha value is -0.830. The van der Waals surface area contributed by atoms with Crippen LogP contribution in [0.4, 0.5) is 0 Å². The fraction of sp³-hybridized carbons (Fsp3) is 0.833. The lowest BCUT2D eigenvalue weighted by atomic mass is 9.42. The molecule has 2 atom stereocenters. The zero-order valence-electron chi connectivity index (χ0n) is 13.2. The molecular formula is C18H28O3. The molecule has 4 rings (SSSR count). The molecule has 2 unspecified atom stereocenters. The summed E-state index contributed by atoms with van der Waals surface area (Å²) in [6, 6.07) is 0. The van der Waals surface area contributed by atoms with Crippen molar-refractivity contribution in [2.45, 2.75) is 58.3 Å². The Morgan fingerprint density at radius 2 is 1.95 bits per heavy atom. The summed E-state index contributed by atoms with van der Waals surface area (Å²) in [7, 11) is 0. The number of hydrogen-bond donors (Lipinski definition) is 1. The summed E-state index contributed by atoms with van der Waals surface area (Å²) in [6.45, 7) is 6.92. The number of hydrogen-bond acceptors (Lipinski definition) is 3. The molecule has 0 aromatic carbocycles. The molecule has 0 aromatic rings. The minimum atomic E-state index is -0.182. The zero-order valence-corrected chi connectivity index (χ0v) is 13.2. The van der Waals surface area contributed by atoms with Crippen molar-refractivity contribution in [3.8, 4) is 0 Å². The first-order valence-electron chi connectivity index (χ1n) is 8.50. The molecule has 0 amide bonds. The molecule has 4 fully saturated rings. The number of carbonyl (C=O) groups excluding carboxylic acids is 1. The monoisotopic (exact) mass is 292 g/mol. The average molecular weight is 292 g/mol. The van der Waals surface area contributed by atoms with Crippen LogP contribution in [0.25, 0.3) is 0 Å². The third-order valence-electron chi connectivity index (χ3n) is 6.15. The molecule has 4 bridgehead atoms. The van der Waals surface area contributed by atoms with Crippen molar-refractivity contribution in [2.75, 3.05) is 13.2 Å². The van der Waals surface area contributed by atoms with Crippen molar-refractivity contribution in [1.29, 1.82) is 0 Å². The van der Waals surface area contributed by atoms with Crippen molar-refractivity contribution in [2.24, 2.45) is 22.7 Å².